The Labute approximate surface area is 119 Å². The fraction of sp³-hybridized carbons (Fsp3) is 0.353. The first-order valence-corrected chi connectivity index (χ1v) is 7.46. The van der Waals surface area contributed by atoms with Crippen LogP contribution in [0.3, 0.4) is 0 Å². The summed E-state index contributed by atoms with van der Waals surface area (Å²) in [6.45, 7) is 2.17. The molecular formula is C17H19N3. The molecule has 2 aromatic rings. The van der Waals surface area contributed by atoms with E-state index in [2.05, 4.69) is 51.6 Å². The number of hydrogen-bond acceptors (Lipinski definition) is 3. The van der Waals surface area contributed by atoms with E-state index >= 15 is 0 Å². The molecule has 4 rings (SSSR count). The molecule has 102 valence electrons. The molecule has 3 heteroatoms. The Morgan fingerprint density at radius 2 is 2.15 bits per heavy atom. The monoisotopic (exact) mass is 265 g/mol. The highest BCUT2D eigenvalue weighted by molar-refractivity contribution is 5.67. The van der Waals surface area contributed by atoms with Gasteiger partial charge in [0.25, 0.3) is 0 Å². The molecule has 1 unspecified atom stereocenters. The molecule has 2 aliphatic heterocycles. The van der Waals surface area contributed by atoms with Crippen molar-refractivity contribution in [1.82, 2.24) is 10.3 Å². The van der Waals surface area contributed by atoms with E-state index in [1.807, 2.05) is 6.20 Å². The predicted octanol–water partition coefficient (Wildman–Crippen LogP) is 3.20. The molecule has 1 saturated heterocycles. The van der Waals surface area contributed by atoms with E-state index in [9.17, 15) is 0 Å². The minimum Gasteiger partial charge on any atom is -0.326 e. The lowest BCUT2D eigenvalue weighted by atomic mass is 10.1. The van der Waals surface area contributed by atoms with Crippen molar-refractivity contribution < 1.29 is 0 Å². The normalized spacial score (nSPS) is 21.2. The first-order valence-electron chi connectivity index (χ1n) is 7.46. The molecule has 0 saturated carbocycles. The van der Waals surface area contributed by atoms with E-state index in [0.717, 1.165) is 25.3 Å². The summed E-state index contributed by atoms with van der Waals surface area (Å²) in [5, 5.41) is 3.56. The third-order valence-electron chi connectivity index (χ3n) is 4.40. The van der Waals surface area contributed by atoms with Crippen LogP contribution in [0.4, 0.5) is 11.5 Å². The molecular weight excluding hydrogens is 246 g/mol. The highest BCUT2D eigenvalue weighted by atomic mass is 15.2. The van der Waals surface area contributed by atoms with Gasteiger partial charge in [-0.15, -0.1) is 0 Å². The van der Waals surface area contributed by atoms with E-state index in [-0.39, 0.29) is 0 Å². The summed E-state index contributed by atoms with van der Waals surface area (Å²) in [5.74, 6) is 1.08. The summed E-state index contributed by atoms with van der Waals surface area (Å²) in [4.78, 5) is 6.93. The summed E-state index contributed by atoms with van der Waals surface area (Å²) >= 11 is 0. The zero-order chi connectivity index (χ0) is 13.4. The molecule has 2 aliphatic rings. The van der Waals surface area contributed by atoms with Gasteiger partial charge in [0.05, 0.1) is 0 Å². The Hall–Kier alpha value is -1.87. The minimum atomic E-state index is 0.509. The maximum absolute atomic E-state index is 4.59. The van der Waals surface area contributed by atoms with Gasteiger partial charge in [-0.1, -0.05) is 18.2 Å². The Morgan fingerprint density at radius 1 is 1.20 bits per heavy atom. The van der Waals surface area contributed by atoms with Crippen LogP contribution >= 0.6 is 0 Å². The van der Waals surface area contributed by atoms with Crippen molar-refractivity contribution in [3.8, 4) is 0 Å². The number of pyridine rings is 1. The van der Waals surface area contributed by atoms with Crippen LogP contribution in [-0.4, -0.2) is 18.1 Å². The summed E-state index contributed by atoms with van der Waals surface area (Å²) in [7, 11) is 0. The Kier molecular flexibility index (Phi) is 2.92. The van der Waals surface area contributed by atoms with Crippen LogP contribution < -0.4 is 10.2 Å². The largest absolute Gasteiger partial charge is 0.326 e. The van der Waals surface area contributed by atoms with E-state index in [4.69, 9.17) is 0 Å². The molecule has 0 amide bonds. The topological polar surface area (TPSA) is 28.2 Å². The first-order chi connectivity index (χ1) is 9.92. The molecule has 1 fully saturated rings. The van der Waals surface area contributed by atoms with Crippen LogP contribution in [0, 0.1) is 0 Å². The average molecular weight is 265 g/mol. The maximum Gasteiger partial charge on any atom is 0.133 e. The molecule has 3 heterocycles. The number of anilines is 2. The van der Waals surface area contributed by atoms with Crippen molar-refractivity contribution in [2.24, 2.45) is 0 Å². The van der Waals surface area contributed by atoms with Gasteiger partial charge in [-0.25, -0.2) is 4.98 Å². The number of fused-ring (bicyclic) bond motifs is 1. The van der Waals surface area contributed by atoms with Crippen molar-refractivity contribution in [3.63, 3.8) is 0 Å². The summed E-state index contributed by atoms with van der Waals surface area (Å²) in [6.07, 6.45) is 5.57. The number of aromatic nitrogens is 1. The van der Waals surface area contributed by atoms with Gasteiger partial charge in [-0.05, 0) is 55.1 Å². The smallest absolute Gasteiger partial charge is 0.133 e. The van der Waals surface area contributed by atoms with E-state index in [1.54, 1.807) is 0 Å². The molecule has 0 spiro atoms. The van der Waals surface area contributed by atoms with Gasteiger partial charge in [0.2, 0.25) is 0 Å². The molecule has 1 N–H and O–H groups in total. The molecule has 1 aromatic carbocycles. The first kappa shape index (κ1) is 11.9. The molecule has 0 radical (unpaired) electrons. The Morgan fingerprint density at radius 3 is 3.05 bits per heavy atom. The third kappa shape index (κ3) is 1.98. The van der Waals surface area contributed by atoms with Gasteiger partial charge >= 0.3 is 0 Å². The standard InChI is InChI=1S/C17H19N3/c1-2-6-16-13(4-1)8-11-20(16)17-12-14(7-10-19-17)15-5-3-9-18-15/h1-2,4,6-7,10,12,15,18H,3,5,8-9,11H2. The van der Waals surface area contributed by atoms with Crippen LogP contribution in [0.25, 0.3) is 0 Å². The second-order valence-electron chi connectivity index (χ2n) is 5.63. The van der Waals surface area contributed by atoms with Crippen molar-refractivity contribution >= 4 is 11.5 Å². The van der Waals surface area contributed by atoms with Crippen molar-refractivity contribution in [2.45, 2.75) is 25.3 Å². The third-order valence-corrected chi connectivity index (χ3v) is 4.40. The molecule has 0 bridgehead atoms. The van der Waals surface area contributed by atoms with Gasteiger partial charge in [0, 0.05) is 24.5 Å². The van der Waals surface area contributed by atoms with E-state index < -0.39 is 0 Å². The van der Waals surface area contributed by atoms with Crippen LogP contribution in [0.2, 0.25) is 0 Å². The second-order valence-corrected chi connectivity index (χ2v) is 5.63. The summed E-state index contributed by atoms with van der Waals surface area (Å²) < 4.78 is 0. The number of rotatable bonds is 2. The van der Waals surface area contributed by atoms with Crippen molar-refractivity contribution in [2.75, 3.05) is 18.0 Å². The van der Waals surface area contributed by atoms with Crippen LogP contribution in [0.15, 0.2) is 42.6 Å². The quantitative estimate of drug-likeness (QED) is 0.903. The predicted molar refractivity (Wildman–Crippen MR) is 81.4 cm³/mol. The summed E-state index contributed by atoms with van der Waals surface area (Å²) in [5.41, 5.74) is 4.12. The Balaban J connectivity index is 1.68. The number of nitrogens with one attached hydrogen (secondary N) is 1. The molecule has 1 aromatic heterocycles. The van der Waals surface area contributed by atoms with Crippen molar-refractivity contribution in [3.05, 3.63) is 53.7 Å². The molecule has 20 heavy (non-hydrogen) atoms. The van der Waals surface area contributed by atoms with Crippen LogP contribution in [-0.2, 0) is 6.42 Å². The lowest BCUT2D eigenvalue weighted by Crippen LogP contribution is -2.17. The van der Waals surface area contributed by atoms with Crippen molar-refractivity contribution in [1.29, 1.82) is 0 Å². The lowest BCUT2D eigenvalue weighted by Gasteiger charge is -2.20. The van der Waals surface area contributed by atoms with Gasteiger partial charge in [0.1, 0.15) is 5.82 Å². The number of benzene rings is 1. The second kappa shape index (κ2) is 4.91. The lowest BCUT2D eigenvalue weighted by molar-refractivity contribution is 0.646. The minimum absolute atomic E-state index is 0.509. The molecule has 1 atom stereocenters. The van der Waals surface area contributed by atoms with E-state index in [0.29, 0.717) is 6.04 Å². The van der Waals surface area contributed by atoms with Gasteiger partial charge in [0.15, 0.2) is 0 Å². The van der Waals surface area contributed by atoms with Crippen LogP contribution in [0.1, 0.15) is 30.0 Å². The highest BCUT2D eigenvalue weighted by Crippen LogP contribution is 2.34. The zero-order valence-corrected chi connectivity index (χ0v) is 11.5. The average Bonchev–Trinajstić information content (AvgIpc) is 3.17. The SMILES string of the molecule is c1ccc2c(c1)CCN2c1cc(C2CCCN2)ccn1. The number of para-hydroxylation sites is 1. The van der Waals surface area contributed by atoms with Gasteiger partial charge < -0.3 is 10.2 Å². The van der Waals surface area contributed by atoms with E-state index in [1.165, 1.54) is 29.7 Å². The maximum atomic E-state index is 4.59. The number of hydrogen-bond donors (Lipinski definition) is 1. The fourth-order valence-electron chi connectivity index (χ4n) is 3.34. The van der Waals surface area contributed by atoms with Gasteiger partial charge in [-0.2, -0.15) is 0 Å². The highest BCUT2D eigenvalue weighted by Gasteiger charge is 2.22. The van der Waals surface area contributed by atoms with Crippen LogP contribution in [0.5, 0.6) is 0 Å². The van der Waals surface area contributed by atoms with Gasteiger partial charge in [-0.3, -0.25) is 0 Å². The number of nitrogens with zero attached hydrogens (tertiary/aromatic N) is 2. The molecule has 0 aliphatic carbocycles. The summed E-state index contributed by atoms with van der Waals surface area (Å²) in [6, 6.07) is 13.6. The fourth-order valence-corrected chi connectivity index (χ4v) is 3.34. The zero-order valence-electron chi connectivity index (χ0n) is 11.5. The molecule has 3 nitrogen and oxygen atoms in total. The Bertz CT molecular complexity index is 617.